The molecule has 1 aromatic rings. The van der Waals surface area contributed by atoms with Gasteiger partial charge in [0.2, 0.25) is 11.2 Å². The summed E-state index contributed by atoms with van der Waals surface area (Å²) in [5.74, 6) is 0.438. The predicted molar refractivity (Wildman–Crippen MR) is 46.7 cm³/mol. The van der Waals surface area contributed by atoms with Gasteiger partial charge in [-0.1, -0.05) is 6.92 Å². The smallest absolute Gasteiger partial charge is 0.227 e. The minimum absolute atomic E-state index is 0.194. The minimum atomic E-state index is -0.275. The van der Waals surface area contributed by atoms with Crippen molar-refractivity contribution in [3.05, 3.63) is 28.3 Å². The number of aliphatic hydroxyl groups is 1. The third-order valence-electron chi connectivity index (χ3n) is 1.47. The van der Waals surface area contributed by atoms with E-state index < -0.39 is 0 Å². The third-order valence-corrected chi connectivity index (χ3v) is 1.47. The molecule has 4 heteroatoms. The summed E-state index contributed by atoms with van der Waals surface area (Å²) in [6, 6.07) is 1.23. The lowest BCUT2D eigenvalue weighted by Gasteiger charge is -2.02. The molecule has 0 saturated carbocycles. The van der Waals surface area contributed by atoms with Gasteiger partial charge in [-0.25, -0.2) is 0 Å². The van der Waals surface area contributed by atoms with Crippen molar-refractivity contribution in [1.29, 1.82) is 0 Å². The van der Waals surface area contributed by atoms with E-state index in [0.717, 1.165) is 6.42 Å². The zero-order valence-corrected chi connectivity index (χ0v) is 7.45. The number of hydrogen-bond acceptors (Lipinski definition) is 4. The van der Waals surface area contributed by atoms with Crippen molar-refractivity contribution in [3.63, 3.8) is 0 Å². The Morgan fingerprint density at radius 2 is 2.38 bits per heavy atom. The van der Waals surface area contributed by atoms with Crippen LogP contribution in [0.15, 0.2) is 21.5 Å². The Bertz CT molecular complexity index is 316. The Balaban J connectivity index is 2.80. The van der Waals surface area contributed by atoms with Gasteiger partial charge in [-0.15, -0.1) is 0 Å². The first-order valence-electron chi connectivity index (χ1n) is 4.13. The van der Waals surface area contributed by atoms with Gasteiger partial charge in [0.1, 0.15) is 18.6 Å². The van der Waals surface area contributed by atoms with E-state index >= 15 is 0 Å². The van der Waals surface area contributed by atoms with Crippen LogP contribution in [0.5, 0.6) is 5.75 Å². The summed E-state index contributed by atoms with van der Waals surface area (Å²) < 4.78 is 10.0. The molecule has 0 atom stereocenters. The van der Waals surface area contributed by atoms with Crippen LogP contribution in [0.4, 0.5) is 0 Å². The summed E-state index contributed by atoms with van der Waals surface area (Å²) in [4.78, 5) is 11.2. The Hall–Kier alpha value is -1.29. The molecule has 0 aliphatic rings. The third kappa shape index (κ3) is 2.59. The second-order valence-corrected chi connectivity index (χ2v) is 2.58. The van der Waals surface area contributed by atoms with E-state index in [0.29, 0.717) is 6.61 Å². The van der Waals surface area contributed by atoms with Gasteiger partial charge in [0.15, 0.2) is 0 Å². The van der Waals surface area contributed by atoms with E-state index in [2.05, 4.69) is 0 Å². The predicted octanol–water partition coefficient (Wildman–Crippen LogP) is 0.921. The molecule has 0 aliphatic carbocycles. The van der Waals surface area contributed by atoms with Crippen LogP contribution in [0, 0.1) is 0 Å². The molecule has 0 spiro atoms. The minimum Gasteiger partial charge on any atom is -0.487 e. The Kier molecular flexibility index (Phi) is 3.52. The maximum Gasteiger partial charge on any atom is 0.227 e. The van der Waals surface area contributed by atoms with Crippen molar-refractivity contribution in [2.75, 3.05) is 6.61 Å². The first-order chi connectivity index (χ1) is 6.27. The van der Waals surface area contributed by atoms with Crippen LogP contribution >= 0.6 is 0 Å². The molecular formula is C9H12O4. The molecule has 13 heavy (non-hydrogen) atoms. The maximum absolute atomic E-state index is 11.2. The summed E-state index contributed by atoms with van der Waals surface area (Å²) >= 11 is 0. The van der Waals surface area contributed by atoms with Crippen molar-refractivity contribution in [1.82, 2.24) is 0 Å². The molecule has 0 bridgehead atoms. The van der Waals surface area contributed by atoms with Gasteiger partial charge >= 0.3 is 0 Å². The topological polar surface area (TPSA) is 59.7 Å². The van der Waals surface area contributed by atoms with Gasteiger partial charge < -0.3 is 14.3 Å². The van der Waals surface area contributed by atoms with E-state index in [-0.39, 0.29) is 23.5 Å². The Labute approximate surface area is 75.8 Å². The standard InChI is InChI=1S/C9H12O4/c1-2-3-12-9-6-13-7(5-10)4-8(9)11/h4,6,10H,2-3,5H2,1H3. The van der Waals surface area contributed by atoms with Gasteiger partial charge in [0, 0.05) is 6.07 Å². The van der Waals surface area contributed by atoms with E-state index in [9.17, 15) is 4.79 Å². The molecule has 1 rings (SSSR count). The molecule has 0 aromatic carbocycles. The quantitative estimate of drug-likeness (QED) is 0.755. The highest BCUT2D eigenvalue weighted by Crippen LogP contribution is 2.05. The van der Waals surface area contributed by atoms with E-state index in [1.807, 2.05) is 6.92 Å². The molecule has 72 valence electrons. The highest BCUT2D eigenvalue weighted by Gasteiger charge is 2.02. The molecule has 1 N–H and O–H groups in total. The molecule has 0 radical (unpaired) electrons. The number of aliphatic hydroxyl groups excluding tert-OH is 1. The normalized spacial score (nSPS) is 10.0. The molecule has 4 nitrogen and oxygen atoms in total. The summed E-state index contributed by atoms with van der Waals surface area (Å²) in [6.07, 6.45) is 2.06. The van der Waals surface area contributed by atoms with Crippen LogP contribution < -0.4 is 10.2 Å². The van der Waals surface area contributed by atoms with Gasteiger partial charge in [-0.05, 0) is 6.42 Å². The molecule has 1 aromatic heterocycles. The van der Waals surface area contributed by atoms with E-state index in [4.69, 9.17) is 14.3 Å². The van der Waals surface area contributed by atoms with Gasteiger partial charge in [-0.3, -0.25) is 4.79 Å². The van der Waals surface area contributed by atoms with Crippen LogP contribution in [0.25, 0.3) is 0 Å². The second kappa shape index (κ2) is 4.67. The molecule has 1 heterocycles. The molecular weight excluding hydrogens is 172 g/mol. The average molecular weight is 184 g/mol. The lowest BCUT2D eigenvalue weighted by atomic mass is 10.4. The molecule has 0 amide bonds. The van der Waals surface area contributed by atoms with Crippen molar-refractivity contribution >= 4 is 0 Å². The Morgan fingerprint density at radius 1 is 1.62 bits per heavy atom. The monoisotopic (exact) mass is 184 g/mol. The number of hydrogen-bond donors (Lipinski definition) is 1. The molecule has 0 unspecified atom stereocenters. The fourth-order valence-corrected chi connectivity index (χ4v) is 0.839. The lowest BCUT2D eigenvalue weighted by Crippen LogP contribution is -2.08. The summed E-state index contributed by atoms with van der Waals surface area (Å²) in [6.45, 7) is 2.16. The van der Waals surface area contributed by atoms with Gasteiger partial charge in [0.05, 0.1) is 6.61 Å². The summed E-state index contributed by atoms with van der Waals surface area (Å²) in [5, 5.41) is 8.66. The first-order valence-corrected chi connectivity index (χ1v) is 4.13. The largest absolute Gasteiger partial charge is 0.487 e. The van der Waals surface area contributed by atoms with Gasteiger partial charge in [0.25, 0.3) is 0 Å². The van der Waals surface area contributed by atoms with Crippen LogP contribution in [-0.4, -0.2) is 11.7 Å². The first kappa shape index (κ1) is 9.80. The number of ether oxygens (including phenoxy) is 1. The zero-order chi connectivity index (χ0) is 9.68. The fraction of sp³-hybridized carbons (Fsp3) is 0.444. The van der Waals surface area contributed by atoms with Crippen molar-refractivity contribution in [2.24, 2.45) is 0 Å². The Morgan fingerprint density at radius 3 is 2.92 bits per heavy atom. The van der Waals surface area contributed by atoms with Crippen LogP contribution in [-0.2, 0) is 6.61 Å². The fourth-order valence-electron chi connectivity index (χ4n) is 0.839. The number of rotatable bonds is 4. The highest BCUT2D eigenvalue weighted by atomic mass is 16.5. The van der Waals surface area contributed by atoms with E-state index in [1.54, 1.807) is 0 Å². The average Bonchev–Trinajstić information content (AvgIpc) is 2.16. The van der Waals surface area contributed by atoms with Crippen LogP contribution in [0.3, 0.4) is 0 Å². The highest BCUT2D eigenvalue weighted by molar-refractivity contribution is 5.17. The van der Waals surface area contributed by atoms with Gasteiger partial charge in [-0.2, -0.15) is 0 Å². The molecule has 0 aliphatic heterocycles. The van der Waals surface area contributed by atoms with Crippen molar-refractivity contribution < 1.29 is 14.3 Å². The van der Waals surface area contributed by atoms with Crippen LogP contribution in [0.2, 0.25) is 0 Å². The summed E-state index contributed by atoms with van der Waals surface area (Å²) in [7, 11) is 0. The SMILES string of the molecule is CCCOc1coc(CO)cc1=O. The summed E-state index contributed by atoms with van der Waals surface area (Å²) in [5.41, 5.74) is -0.260. The molecule has 0 fully saturated rings. The molecule has 0 saturated heterocycles. The van der Waals surface area contributed by atoms with E-state index in [1.165, 1.54) is 12.3 Å². The zero-order valence-electron chi connectivity index (χ0n) is 7.45. The van der Waals surface area contributed by atoms with Crippen LogP contribution in [0.1, 0.15) is 19.1 Å². The lowest BCUT2D eigenvalue weighted by molar-refractivity contribution is 0.237. The second-order valence-electron chi connectivity index (χ2n) is 2.58. The van der Waals surface area contributed by atoms with Crippen molar-refractivity contribution in [3.8, 4) is 5.75 Å². The van der Waals surface area contributed by atoms with Crippen molar-refractivity contribution in [2.45, 2.75) is 20.0 Å². The maximum atomic E-state index is 11.2.